The Morgan fingerprint density at radius 3 is 2.58 bits per heavy atom. The lowest BCUT2D eigenvalue weighted by molar-refractivity contribution is -0.123. The van der Waals surface area contributed by atoms with Crippen molar-refractivity contribution in [3.63, 3.8) is 0 Å². The van der Waals surface area contributed by atoms with Crippen molar-refractivity contribution < 1.29 is 9.59 Å². The minimum absolute atomic E-state index is 0.157. The van der Waals surface area contributed by atoms with Crippen molar-refractivity contribution >= 4 is 29.5 Å². The Hall–Kier alpha value is -1.42. The van der Waals surface area contributed by atoms with Crippen LogP contribution in [0.2, 0.25) is 5.15 Å². The van der Waals surface area contributed by atoms with E-state index in [4.69, 9.17) is 11.6 Å². The molecule has 4 nitrogen and oxygen atoms in total. The summed E-state index contributed by atoms with van der Waals surface area (Å²) in [6, 6.07) is 0. The molecule has 1 rings (SSSR count). The number of pyridine rings is 1. The molecule has 0 aliphatic carbocycles. The van der Waals surface area contributed by atoms with Crippen LogP contribution in [0.15, 0.2) is 6.20 Å². The van der Waals surface area contributed by atoms with Crippen molar-refractivity contribution in [2.24, 2.45) is 5.41 Å². The number of halogens is 1. The first-order valence-corrected chi connectivity index (χ1v) is 6.63. The van der Waals surface area contributed by atoms with Gasteiger partial charge in [0.1, 0.15) is 5.15 Å². The van der Waals surface area contributed by atoms with E-state index in [0.29, 0.717) is 34.7 Å². The lowest BCUT2D eigenvalue weighted by Gasteiger charge is -2.20. The van der Waals surface area contributed by atoms with Crippen molar-refractivity contribution in [1.29, 1.82) is 0 Å². The quantitative estimate of drug-likeness (QED) is 0.679. The Bertz CT molecular complexity index is 493. The fourth-order valence-electron chi connectivity index (χ4n) is 1.56. The van der Waals surface area contributed by atoms with E-state index >= 15 is 0 Å². The standard InChI is InChI=1S/C14H19ClN2O2/c1-5-6-10-11(17-13(19)14(2,3)4)9(8-18)7-16-12(10)15/h7-8H,5-6H2,1-4H3,(H,16,17,19). The third kappa shape index (κ3) is 3.77. The number of amides is 1. The lowest BCUT2D eigenvalue weighted by Crippen LogP contribution is -2.28. The molecule has 0 saturated carbocycles. The van der Waals surface area contributed by atoms with E-state index in [2.05, 4.69) is 10.3 Å². The van der Waals surface area contributed by atoms with Gasteiger partial charge in [-0.25, -0.2) is 4.98 Å². The van der Waals surface area contributed by atoms with Crippen molar-refractivity contribution in [2.45, 2.75) is 40.5 Å². The number of aldehydes is 1. The molecule has 1 heterocycles. The first-order valence-electron chi connectivity index (χ1n) is 6.25. The number of anilines is 1. The number of carbonyl (C=O) groups is 2. The zero-order valence-corrected chi connectivity index (χ0v) is 12.5. The highest BCUT2D eigenvalue weighted by Gasteiger charge is 2.24. The highest BCUT2D eigenvalue weighted by Crippen LogP contribution is 2.28. The predicted octanol–water partition coefficient (Wildman–Crippen LogP) is 3.48. The molecule has 1 amide bonds. The second kappa shape index (κ2) is 6.15. The van der Waals surface area contributed by atoms with Gasteiger partial charge in [-0.05, 0) is 6.42 Å². The molecule has 0 atom stereocenters. The Balaban J connectivity index is 3.26. The number of nitrogens with one attached hydrogen (secondary N) is 1. The molecule has 0 bridgehead atoms. The van der Waals surface area contributed by atoms with Gasteiger partial charge in [0, 0.05) is 17.2 Å². The summed E-state index contributed by atoms with van der Waals surface area (Å²) in [5.74, 6) is -0.157. The summed E-state index contributed by atoms with van der Waals surface area (Å²) in [5, 5.41) is 3.13. The van der Waals surface area contributed by atoms with Crippen molar-refractivity contribution in [2.75, 3.05) is 5.32 Å². The predicted molar refractivity (Wildman–Crippen MR) is 76.7 cm³/mol. The SMILES string of the molecule is CCCc1c(Cl)ncc(C=O)c1NC(=O)C(C)(C)C. The Labute approximate surface area is 118 Å². The summed E-state index contributed by atoms with van der Waals surface area (Å²) in [7, 11) is 0. The highest BCUT2D eigenvalue weighted by atomic mass is 35.5. The molecule has 0 radical (unpaired) electrons. The minimum atomic E-state index is -0.542. The van der Waals surface area contributed by atoms with Crippen LogP contribution in [0.1, 0.15) is 50.0 Å². The summed E-state index contributed by atoms with van der Waals surface area (Å²) >= 11 is 6.06. The molecule has 1 aromatic rings. The smallest absolute Gasteiger partial charge is 0.229 e. The topological polar surface area (TPSA) is 59.1 Å². The number of nitrogens with zero attached hydrogens (tertiary/aromatic N) is 1. The van der Waals surface area contributed by atoms with Gasteiger partial charge in [-0.15, -0.1) is 0 Å². The van der Waals surface area contributed by atoms with Crippen LogP contribution in [0, 0.1) is 5.41 Å². The number of carbonyl (C=O) groups excluding carboxylic acids is 2. The van der Waals surface area contributed by atoms with Crippen molar-refractivity contribution in [3.8, 4) is 0 Å². The second-order valence-electron chi connectivity index (χ2n) is 5.43. The number of aromatic nitrogens is 1. The van der Waals surface area contributed by atoms with Gasteiger partial charge in [0.15, 0.2) is 6.29 Å². The number of rotatable bonds is 4. The first kappa shape index (κ1) is 15.6. The molecule has 0 unspecified atom stereocenters. The van der Waals surface area contributed by atoms with Crippen LogP contribution < -0.4 is 5.32 Å². The maximum absolute atomic E-state index is 12.1. The van der Waals surface area contributed by atoms with Gasteiger partial charge in [-0.2, -0.15) is 0 Å². The number of hydrogen-bond acceptors (Lipinski definition) is 3. The van der Waals surface area contributed by atoms with Gasteiger partial charge >= 0.3 is 0 Å². The van der Waals surface area contributed by atoms with E-state index in [9.17, 15) is 9.59 Å². The van der Waals surface area contributed by atoms with Crippen LogP contribution >= 0.6 is 11.6 Å². The average Bonchev–Trinajstić information content (AvgIpc) is 2.32. The fourth-order valence-corrected chi connectivity index (χ4v) is 1.80. The van der Waals surface area contributed by atoms with E-state index < -0.39 is 5.41 Å². The van der Waals surface area contributed by atoms with Crippen LogP contribution in [-0.4, -0.2) is 17.2 Å². The third-order valence-electron chi connectivity index (χ3n) is 2.70. The van der Waals surface area contributed by atoms with Gasteiger partial charge in [0.05, 0.1) is 11.3 Å². The molecule has 0 aliphatic heterocycles. The van der Waals surface area contributed by atoms with E-state index in [0.717, 1.165) is 6.42 Å². The molecule has 0 aromatic carbocycles. The average molecular weight is 283 g/mol. The van der Waals surface area contributed by atoms with Crippen LogP contribution in [0.25, 0.3) is 0 Å². The molecular formula is C14H19ClN2O2. The van der Waals surface area contributed by atoms with Crippen LogP contribution in [0.4, 0.5) is 5.69 Å². The maximum Gasteiger partial charge on any atom is 0.229 e. The van der Waals surface area contributed by atoms with Crippen LogP contribution in [0.3, 0.4) is 0 Å². The zero-order chi connectivity index (χ0) is 14.6. The van der Waals surface area contributed by atoms with Gasteiger partial charge in [-0.1, -0.05) is 45.7 Å². The summed E-state index contributed by atoms with van der Waals surface area (Å²) in [6.45, 7) is 7.43. The van der Waals surface area contributed by atoms with E-state index in [1.165, 1.54) is 6.20 Å². The summed E-state index contributed by atoms with van der Waals surface area (Å²) in [6.07, 6.45) is 3.57. The van der Waals surface area contributed by atoms with E-state index in [-0.39, 0.29) is 5.91 Å². The summed E-state index contributed by atoms with van der Waals surface area (Å²) < 4.78 is 0. The third-order valence-corrected chi connectivity index (χ3v) is 3.03. The second-order valence-corrected chi connectivity index (χ2v) is 5.79. The zero-order valence-electron chi connectivity index (χ0n) is 11.7. The normalized spacial score (nSPS) is 11.2. The molecule has 1 N–H and O–H groups in total. The van der Waals surface area contributed by atoms with Gasteiger partial charge in [0.2, 0.25) is 5.91 Å². The summed E-state index contributed by atoms with van der Waals surface area (Å²) in [5.41, 5.74) is 1.01. The maximum atomic E-state index is 12.1. The monoisotopic (exact) mass is 282 g/mol. The molecular weight excluding hydrogens is 264 g/mol. The molecule has 0 fully saturated rings. The van der Waals surface area contributed by atoms with Crippen LogP contribution in [0.5, 0.6) is 0 Å². The molecule has 19 heavy (non-hydrogen) atoms. The Kier molecular flexibility index (Phi) is 5.06. The first-order chi connectivity index (χ1) is 8.81. The lowest BCUT2D eigenvalue weighted by atomic mass is 9.95. The fraction of sp³-hybridized carbons (Fsp3) is 0.500. The molecule has 0 saturated heterocycles. The summed E-state index contributed by atoms with van der Waals surface area (Å²) in [4.78, 5) is 27.2. The van der Waals surface area contributed by atoms with Gasteiger partial charge in [0.25, 0.3) is 0 Å². The Morgan fingerprint density at radius 2 is 2.11 bits per heavy atom. The molecule has 5 heteroatoms. The van der Waals surface area contributed by atoms with Crippen molar-refractivity contribution in [3.05, 3.63) is 22.5 Å². The van der Waals surface area contributed by atoms with Crippen molar-refractivity contribution in [1.82, 2.24) is 4.98 Å². The van der Waals surface area contributed by atoms with E-state index in [1.807, 2.05) is 27.7 Å². The van der Waals surface area contributed by atoms with E-state index in [1.54, 1.807) is 0 Å². The van der Waals surface area contributed by atoms with Gasteiger partial charge < -0.3 is 5.32 Å². The molecule has 104 valence electrons. The van der Waals surface area contributed by atoms with Crippen LogP contribution in [-0.2, 0) is 11.2 Å². The van der Waals surface area contributed by atoms with Gasteiger partial charge in [-0.3, -0.25) is 9.59 Å². The Morgan fingerprint density at radius 1 is 1.47 bits per heavy atom. The molecule has 0 spiro atoms. The largest absolute Gasteiger partial charge is 0.325 e. The number of hydrogen-bond donors (Lipinski definition) is 1. The minimum Gasteiger partial charge on any atom is -0.325 e. The molecule has 1 aromatic heterocycles. The highest BCUT2D eigenvalue weighted by molar-refractivity contribution is 6.30. The molecule has 0 aliphatic rings.